The highest BCUT2D eigenvalue weighted by Gasteiger charge is 2.27. The number of thiophene rings is 1. The summed E-state index contributed by atoms with van der Waals surface area (Å²) in [5, 5.41) is 8.64. The number of benzene rings is 1. The average molecular weight is 373 g/mol. The minimum atomic E-state index is -0.0969. The second-order valence-corrected chi connectivity index (χ2v) is 7.15. The van der Waals surface area contributed by atoms with E-state index < -0.39 is 0 Å². The van der Waals surface area contributed by atoms with Gasteiger partial charge in [-0.2, -0.15) is 0 Å². The Bertz CT molecular complexity index is 740. The van der Waals surface area contributed by atoms with Gasteiger partial charge in [-0.3, -0.25) is 10.1 Å². The van der Waals surface area contributed by atoms with Crippen molar-refractivity contribution in [1.82, 2.24) is 10.2 Å². The van der Waals surface area contributed by atoms with Crippen LogP contribution in [0.1, 0.15) is 18.4 Å². The molecule has 3 rings (SSSR count). The number of amides is 3. The molecule has 0 unspecified atom stereocenters. The van der Waals surface area contributed by atoms with Crippen molar-refractivity contribution in [3.05, 3.63) is 47.3 Å². The average Bonchev–Trinajstić information content (AvgIpc) is 3.19. The van der Waals surface area contributed by atoms with Crippen molar-refractivity contribution in [2.75, 3.05) is 25.5 Å². The number of urea groups is 1. The van der Waals surface area contributed by atoms with Crippen LogP contribution in [0.4, 0.5) is 9.80 Å². The first-order valence-electron chi connectivity index (χ1n) is 8.66. The molecule has 2 heterocycles. The molecule has 26 heavy (non-hydrogen) atoms. The van der Waals surface area contributed by atoms with Crippen molar-refractivity contribution in [3.8, 4) is 5.75 Å². The second kappa shape index (κ2) is 8.71. The van der Waals surface area contributed by atoms with E-state index in [1.54, 1.807) is 12.0 Å². The molecule has 0 radical (unpaired) electrons. The Labute approximate surface area is 157 Å². The molecule has 1 aliphatic heterocycles. The molecule has 0 saturated carbocycles. The number of piperidine rings is 1. The standard InChI is InChI=1S/C19H23N3O3S/c1-25-16-6-3-2-5-15(16)13-20-18(23)14-8-10-22(11-9-14)19(24)21-17-7-4-12-26-17/h2-7,12,14H,8-11,13H2,1H3,(H,20,23)(H,21,24). The number of hydrogen-bond donors (Lipinski definition) is 2. The lowest BCUT2D eigenvalue weighted by molar-refractivity contribution is -0.126. The van der Waals surface area contributed by atoms with Crippen LogP contribution in [-0.4, -0.2) is 37.0 Å². The molecule has 138 valence electrons. The number of para-hydroxylation sites is 1. The van der Waals surface area contributed by atoms with Crippen molar-refractivity contribution in [2.24, 2.45) is 5.92 Å². The summed E-state index contributed by atoms with van der Waals surface area (Å²) in [6.07, 6.45) is 1.35. The largest absolute Gasteiger partial charge is 0.496 e. The molecule has 1 aromatic carbocycles. The first-order chi connectivity index (χ1) is 12.7. The van der Waals surface area contributed by atoms with Gasteiger partial charge >= 0.3 is 6.03 Å². The molecule has 0 aliphatic carbocycles. The van der Waals surface area contributed by atoms with E-state index in [1.807, 2.05) is 41.8 Å². The number of hydrogen-bond acceptors (Lipinski definition) is 4. The number of ether oxygens (including phenoxy) is 1. The number of likely N-dealkylation sites (tertiary alicyclic amines) is 1. The maximum absolute atomic E-state index is 12.4. The predicted molar refractivity (Wildman–Crippen MR) is 102 cm³/mol. The molecule has 1 saturated heterocycles. The summed E-state index contributed by atoms with van der Waals surface area (Å²) >= 11 is 1.50. The summed E-state index contributed by atoms with van der Waals surface area (Å²) in [7, 11) is 1.62. The number of carbonyl (C=O) groups excluding carboxylic acids is 2. The highest BCUT2D eigenvalue weighted by molar-refractivity contribution is 7.14. The Balaban J connectivity index is 1.45. The molecule has 1 aromatic heterocycles. The van der Waals surface area contributed by atoms with Crippen LogP contribution in [0.3, 0.4) is 0 Å². The zero-order valence-electron chi connectivity index (χ0n) is 14.7. The molecule has 0 atom stereocenters. The van der Waals surface area contributed by atoms with Crippen molar-refractivity contribution < 1.29 is 14.3 Å². The minimum absolute atomic E-state index is 0.0363. The highest BCUT2D eigenvalue weighted by atomic mass is 32.1. The van der Waals surface area contributed by atoms with Crippen LogP contribution in [0.2, 0.25) is 0 Å². The first kappa shape index (κ1) is 18.3. The fraction of sp³-hybridized carbons (Fsp3) is 0.368. The third kappa shape index (κ3) is 4.54. The monoisotopic (exact) mass is 373 g/mol. The lowest BCUT2D eigenvalue weighted by atomic mass is 9.96. The van der Waals surface area contributed by atoms with Gasteiger partial charge in [0.25, 0.3) is 0 Å². The fourth-order valence-electron chi connectivity index (χ4n) is 3.05. The summed E-state index contributed by atoms with van der Waals surface area (Å²) in [4.78, 5) is 26.4. The molecule has 0 bridgehead atoms. The molecule has 0 spiro atoms. The predicted octanol–water partition coefficient (Wildman–Crippen LogP) is 3.32. The zero-order valence-corrected chi connectivity index (χ0v) is 15.6. The SMILES string of the molecule is COc1ccccc1CNC(=O)C1CCN(C(=O)Nc2cccs2)CC1. The second-order valence-electron chi connectivity index (χ2n) is 6.20. The Hall–Kier alpha value is -2.54. The van der Waals surface area contributed by atoms with Crippen molar-refractivity contribution in [1.29, 1.82) is 0 Å². The summed E-state index contributed by atoms with van der Waals surface area (Å²) in [6, 6.07) is 11.3. The number of nitrogens with zero attached hydrogens (tertiary/aromatic N) is 1. The molecule has 2 N–H and O–H groups in total. The van der Waals surface area contributed by atoms with Gasteiger partial charge in [-0.05, 0) is 36.4 Å². The maximum Gasteiger partial charge on any atom is 0.322 e. The summed E-state index contributed by atoms with van der Waals surface area (Å²) in [6.45, 7) is 1.62. The normalized spacial score (nSPS) is 14.7. The molecule has 3 amide bonds. The third-order valence-electron chi connectivity index (χ3n) is 4.55. The van der Waals surface area contributed by atoms with Crippen molar-refractivity contribution >= 4 is 28.3 Å². The quantitative estimate of drug-likeness (QED) is 0.845. The molecule has 1 fully saturated rings. The van der Waals surface area contributed by atoms with Gasteiger partial charge in [0.1, 0.15) is 5.75 Å². The Morgan fingerprint density at radius 2 is 1.96 bits per heavy atom. The Kier molecular flexibility index (Phi) is 6.12. The van der Waals surface area contributed by atoms with Gasteiger partial charge < -0.3 is 15.0 Å². The topological polar surface area (TPSA) is 70.7 Å². The van der Waals surface area contributed by atoms with Crippen LogP contribution in [0.15, 0.2) is 41.8 Å². The highest BCUT2D eigenvalue weighted by Crippen LogP contribution is 2.21. The summed E-state index contributed by atoms with van der Waals surface area (Å²) < 4.78 is 5.30. The molecular weight excluding hydrogens is 350 g/mol. The van der Waals surface area contributed by atoms with Crippen LogP contribution in [0, 0.1) is 5.92 Å². The van der Waals surface area contributed by atoms with E-state index in [9.17, 15) is 9.59 Å². The zero-order chi connectivity index (χ0) is 18.4. The van der Waals surface area contributed by atoms with E-state index in [1.165, 1.54) is 11.3 Å². The maximum atomic E-state index is 12.4. The molecule has 1 aliphatic rings. The van der Waals surface area contributed by atoms with Gasteiger partial charge in [-0.25, -0.2) is 4.79 Å². The van der Waals surface area contributed by atoms with E-state index in [2.05, 4.69) is 10.6 Å². The van der Waals surface area contributed by atoms with Crippen LogP contribution < -0.4 is 15.4 Å². The van der Waals surface area contributed by atoms with Gasteiger partial charge in [-0.15, -0.1) is 11.3 Å². The first-order valence-corrected chi connectivity index (χ1v) is 9.54. The summed E-state index contributed by atoms with van der Waals surface area (Å²) in [5.41, 5.74) is 0.955. The Morgan fingerprint density at radius 3 is 2.65 bits per heavy atom. The van der Waals surface area contributed by atoms with E-state index in [4.69, 9.17) is 4.74 Å². The van der Waals surface area contributed by atoms with Crippen molar-refractivity contribution in [3.63, 3.8) is 0 Å². The summed E-state index contributed by atoms with van der Waals surface area (Å²) in [5.74, 6) is 0.748. The van der Waals surface area contributed by atoms with E-state index in [0.29, 0.717) is 32.5 Å². The van der Waals surface area contributed by atoms with Gasteiger partial charge in [0.2, 0.25) is 5.91 Å². The van der Waals surface area contributed by atoms with Gasteiger partial charge in [0.05, 0.1) is 12.1 Å². The lowest BCUT2D eigenvalue weighted by Gasteiger charge is -2.31. The molecular formula is C19H23N3O3S. The van der Waals surface area contributed by atoms with Crippen LogP contribution >= 0.6 is 11.3 Å². The van der Waals surface area contributed by atoms with Gasteiger partial charge in [0, 0.05) is 31.1 Å². The minimum Gasteiger partial charge on any atom is -0.496 e. The number of anilines is 1. The van der Waals surface area contributed by atoms with Gasteiger partial charge in [-0.1, -0.05) is 18.2 Å². The van der Waals surface area contributed by atoms with Crippen LogP contribution in [-0.2, 0) is 11.3 Å². The van der Waals surface area contributed by atoms with E-state index in [0.717, 1.165) is 16.3 Å². The smallest absolute Gasteiger partial charge is 0.322 e. The molecule has 2 aromatic rings. The molecule has 6 nitrogen and oxygen atoms in total. The Morgan fingerprint density at radius 1 is 1.19 bits per heavy atom. The number of nitrogens with one attached hydrogen (secondary N) is 2. The van der Waals surface area contributed by atoms with E-state index in [-0.39, 0.29) is 17.9 Å². The third-order valence-corrected chi connectivity index (χ3v) is 5.34. The lowest BCUT2D eigenvalue weighted by Crippen LogP contribution is -2.44. The number of methoxy groups -OCH3 is 1. The number of carbonyl (C=O) groups is 2. The molecule has 7 heteroatoms. The van der Waals surface area contributed by atoms with Crippen molar-refractivity contribution in [2.45, 2.75) is 19.4 Å². The van der Waals surface area contributed by atoms with Crippen LogP contribution in [0.5, 0.6) is 5.75 Å². The number of rotatable bonds is 5. The van der Waals surface area contributed by atoms with Crippen LogP contribution in [0.25, 0.3) is 0 Å². The van der Waals surface area contributed by atoms with Gasteiger partial charge in [0.15, 0.2) is 0 Å². The van der Waals surface area contributed by atoms with E-state index >= 15 is 0 Å². The fourth-order valence-corrected chi connectivity index (χ4v) is 3.66.